The van der Waals surface area contributed by atoms with Crippen LogP contribution in [0.15, 0.2) is 18.2 Å². The zero-order valence-electron chi connectivity index (χ0n) is 23.9. The van der Waals surface area contributed by atoms with Gasteiger partial charge in [-0.05, 0) is 43.9 Å². The molecule has 0 aliphatic heterocycles. The number of carboxylic acids is 2. The highest BCUT2D eigenvalue weighted by molar-refractivity contribution is 6.00. The van der Waals surface area contributed by atoms with E-state index in [-0.39, 0.29) is 41.4 Å². The summed E-state index contributed by atoms with van der Waals surface area (Å²) in [6.07, 6.45) is 2.51. The summed E-state index contributed by atoms with van der Waals surface area (Å²) in [5.74, 6) is -3.41. The number of ether oxygens (including phenoxy) is 2. The molecule has 0 radical (unpaired) electrons. The minimum atomic E-state index is -1.75. The van der Waals surface area contributed by atoms with Crippen molar-refractivity contribution in [3.05, 3.63) is 23.8 Å². The fraction of sp³-hybridized carbons (Fsp3) is 0.621. The summed E-state index contributed by atoms with van der Waals surface area (Å²) in [7, 11) is 1.55. The van der Waals surface area contributed by atoms with Gasteiger partial charge in [-0.3, -0.25) is 9.59 Å². The quantitative estimate of drug-likeness (QED) is 0.407. The van der Waals surface area contributed by atoms with Crippen molar-refractivity contribution < 1.29 is 38.9 Å². The van der Waals surface area contributed by atoms with Gasteiger partial charge in [0.1, 0.15) is 0 Å². The van der Waals surface area contributed by atoms with Gasteiger partial charge in [-0.25, -0.2) is 9.59 Å². The Kier molecular flexibility index (Phi) is 9.77. The summed E-state index contributed by atoms with van der Waals surface area (Å²) in [6.45, 7) is 9.48. The third-order valence-corrected chi connectivity index (χ3v) is 7.31. The number of carbonyl (C=O) groups excluding carboxylic acids is 2. The van der Waals surface area contributed by atoms with E-state index >= 15 is 0 Å². The van der Waals surface area contributed by atoms with E-state index in [0.717, 1.165) is 0 Å². The van der Waals surface area contributed by atoms with Crippen LogP contribution in [0.3, 0.4) is 0 Å². The molecule has 10 nitrogen and oxygen atoms in total. The number of ketones is 1. The summed E-state index contributed by atoms with van der Waals surface area (Å²) < 4.78 is 11.6. The molecule has 2 rings (SSSR count). The topological polar surface area (TPSA) is 154 Å². The van der Waals surface area contributed by atoms with Gasteiger partial charge in [-0.1, -0.05) is 41.5 Å². The summed E-state index contributed by atoms with van der Waals surface area (Å²) in [5, 5.41) is 28.6. The third kappa shape index (κ3) is 7.08. The predicted molar refractivity (Wildman–Crippen MR) is 143 cm³/mol. The lowest BCUT2D eigenvalue weighted by Crippen LogP contribution is -2.63. The number of amides is 1. The van der Waals surface area contributed by atoms with Crippen LogP contribution in [-0.2, 0) is 14.4 Å². The van der Waals surface area contributed by atoms with E-state index in [1.54, 1.807) is 48.6 Å². The highest BCUT2D eigenvalue weighted by Gasteiger charge is 2.60. The van der Waals surface area contributed by atoms with E-state index < -0.39 is 40.8 Å². The predicted octanol–water partition coefficient (Wildman–Crippen LogP) is 4.42. The first-order valence-corrected chi connectivity index (χ1v) is 13.0. The zero-order valence-corrected chi connectivity index (χ0v) is 23.9. The number of hydrogen-bond acceptors (Lipinski definition) is 7. The summed E-state index contributed by atoms with van der Waals surface area (Å²) in [5.41, 5.74) is -3.39. The normalized spacial score (nSPS) is 18.0. The van der Waals surface area contributed by atoms with E-state index in [9.17, 15) is 29.4 Å². The molecule has 0 spiro atoms. The van der Waals surface area contributed by atoms with Crippen molar-refractivity contribution in [2.75, 3.05) is 20.2 Å². The zero-order chi connectivity index (χ0) is 29.8. The maximum Gasteiger partial charge on any atom is 0.349 e. The van der Waals surface area contributed by atoms with E-state index in [2.05, 4.69) is 6.07 Å². The Morgan fingerprint density at radius 1 is 0.974 bits per heavy atom. The molecule has 0 saturated heterocycles. The van der Waals surface area contributed by atoms with Crippen LogP contribution < -0.4 is 9.47 Å². The number of nitriles is 1. The summed E-state index contributed by atoms with van der Waals surface area (Å²) in [6, 6.07) is 6.39. The first-order chi connectivity index (χ1) is 17.9. The molecule has 1 fully saturated rings. The van der Waals surface area contributed by atoms with Crippen LogP contribution in [-0.4, -0.2) is 64.5 Å². The Hall–Kier alpha value is -3.61. The molecule has 0 unspecified atom stereocenters. The summed E-state index contributed by atoms with van der Waals surface area (Å²) in [4.78, 5) is 51.3. The van der Waals surface area contributed by atoms with E-state index in [1.807, 2.05) is 0 Å². The van der Waals surface area contributed by atoms with Crippen molar-refractivity contribution in [1.82, 2.24) is 4.90 Å². The number of rotatable bonds is 10. The first-order valence-electron chi connectivity index (χ1n) is 13.0. The highest BCUT2D eigenvalue weighted by atomic mass is 16.6. The molecule has 0 atom stereocenters. The summed E-state index contributed by atoms with van der Waals surface area (Å²) >= 11 is 0. The number of carbonyl (C=O) groups is 4. The fourth-order valence-electron chi connectivity index (χ4n) is 5.47. The van der Waals surface area contributed by atoms with Crippen LogP contribution in [0.5, 0.6) is 11.5 Å². The second-order valence-electron chi connectivity index (χ2n) is 12.2. The monoisotopic (exact) mass is 544 g/mol. The number of likely N-dealkylation sites (N-methyl/N-ethyl adjacent to an activating group) is 1. The Bertz CT molecular complexity index is 1120. The largest absolute Gasteiger partial charge is 0.479 e. The second kappa shape index (κ2) is 12.1. The van der Waals surface area contributed by atoms with Gasteiger partial charge in [0.05, 0.1) is 12.6 Å². The number of benzene rings is 1. The lowest BCUT2D eigenvalue weighted by atomic mass is 9.62. The van der Waals surface area contributed by atoms with Crippen molar-refractivity contribution in [2.24, 2.45) is 22.7 Å². The Morgan fingerprint density at radius 3 is 2.00 bits per heavy atom. The number of aliphatic carboxylic acids is 2. The van der Waals surface area contributed by atoms with Gasteiger partial charge in [0, 0.05) is 35.3 Å². The van der Waals surface area contributed by atoms with Crippen molar-refractivity contribution in [3.8, 4) is 17.6 Å². The van der Waals surface area contributed by atoms with E-state index in [0.29, 0.717) is 25.7 Å². The molecule has 0 bridgehead atoms. The minimum Gasteiger partial charge on any atom is -0.479 e. The van der Waals surface area contributed by atoms with Gasteiger partial charge in [-0.15, -0.1) is 0 Å². The van der Waals surface area contributed by atoms with Gasteiger partial charge in [0.15, 0.2) is 23.9 Å². The second-order valence-corrected chi connectivity index (χ2v) is 12.2. The number of Topliss-reactive ketones (excluding diaryl/α,β-unsaturated/α-hetero) is 1. The molecule has 1 saturated carbocycles. The molecule has 1 aliphatic rings. The average Bonchev–Trinajstić information content (AvgIpc) is 2.83. The molecule has 1 amide bonds. The van der Waals surface area contributed by atoms with Crippen molar-refractivity contribution >= 4 is 23.6 Å². The highest BCUT2D eigenvalue weighted by Crippen LogP contribution is 2.49. The lowest BCUT2D eigenvalue weighted by Gasteiger charge is -2.49. The first kappa shape index (κ1) is 31.6. The molecule has 1 aromatic rings. The third-order valence-electron chi connectivity index (χ3n) is 7.31. The van der Waals surface area contributed by atoms with Crippen LogP contribution >= 0.6 is 0 Å². The average molecular weight is 545 g/mol. The maximum atomic E-state index is 13.1. The standard InChI is InChI=1S/C29H40N2O8/c1-27(2,3)29(26(36)37,28(4,5)6)39-22-13-12-20(14-23(22)38-17-24(33)34)21(32)16-31(7)25(35)19-10-8-18(15-30)9-11-19/h12-14,18-19H,8-11,16-17H2,1-7H3,(H,33,34)(H,36,37). The Morgan fingerprint density at radius 2 is 1.54 bits per heavy atom. The molecule has 214 valence electrons. The molecule has 2 N–H and O–H groups in total. The van der Waals surface area contributed by atoms with Crippen molar-refractivity contribution in [3.63, 3.8) is 0 Å². The van der Waals surface area contributed by atoms with Crippen molar-refractivity contribution in [2.45, 2.75) is 72.8 Å². The van der Waals surface area contributed by atoms with E-state index in [1.165, 1.54) is 23.1 Å². The number of nitrogens with zero attached hydrogens (tertiary/aromatic N) is 2. The molecule has 1 aromatic carbocycles. The lowest BCUT2D eigenvalue weighted by molar-refractivity contribution is -0.184. The van der Waals surface area contributed by atoms with Gasteiger partial charge in [0.25, 0.3) is 0 Å². The maximum absolute atomic E-state index is 13.1. The van der Waals surface area contributed by atoms with Gasteiger partial charge in [0.2, 0.25) is 11.5 Å². The molecule has 0 aromatic heterocycles. The minimum absolute atomic E-state index is 0.0151. The molecular weight excluding hydrogens is 504 g/mol. The molecule has 10 heteroatoms. The SMILES string of the molecule is CN(CC(=O)c1ccc(OC(C(=O)O)(C(C)(C)C)C(C)(C)C)c(OCC(=O)O)c1)C(=O)C1CCC(C#N)CC1. The van der Waals surface area contributed by atoms with Crippen LogP contribution in [0, 0.1) is 34.0 Å². The van der Waals surface area contributed by atoms with Gasteiger partial charge >= 0.3 is 11.9 Å². The van der Waals surface area contributed by atoms with Crippen LogP contribution in [0.1, 0.15) is 77.6 Å². The Labute approximate surface area is 229 Å². The fourth-order valence-corrected chi connectivity index (χ4v) is 5.47. The van der Waals surface area contributed by atoms with Crippen molar-refractivity contribution in [1.29, 1.82) is 5.26 Å². The molecular formula is C29H40N2O8. The number of carboxylic acid groups (broad SMARTS) is 2. The molecule has 1 aliphatic carbocycles. The molecule has 39 heavy (non-hydrogen) atoms. The molecule has 0 heterocycles. The smallest absolute Gasteiger partial charge is 0.349 e. The van der Waals surface area contributed by atoms with Crippen LogP contribution in [0.4, 0.5) is 0 Å². The van der Waals surface area contributed by atoms with Crippen LogP contribution in [0.2, 0.25) is 0 Å². The number of hydrogen-bond donors (Lipinski definition) is 2. The van der Waals surface area contributed by atoms with Crippen LogP contribution in [0.25, 0.3) is 0 Å². The van der Waals surface area contributed by atoms with Gasteiger partial charge < -0.3 is 24.6 Å². The van der Waals surface area contributed by atoms with E-state index in [4.69, 9.17) is 14.7 Å². The Balaban J connectivity index is 2.36. The van der Waals surface area contributed by atoms with Gasteiger partial charge in [-0.2, -0.15) is 5.26 Å².